The maximum atomic E-state index is 12.1. The molecule has 11 heteroatoms. The quantitative estimate of drug-likeness (QED) is 0.412. The first kappa shape index (κ1) is 19.8. The van der Waals surface area contributed by atoms with Crippen molar-refractivity contribution in [2.45, 2.75) is 37.3 Å². The molecule has 3 aromatic heterocycles. The van der Waals surface area contributed by atoms with E-state index in [1.807, 2.05) is 6.92 Å². The summed E-state index contributed by atoms with van der Waals surface area (Å²) in [6.07, 6.45) is 1.03. The van der Waals surface area contributed by atoms with Crippen LogP contribution in [-0.2, 0) is 10.5 Å². The maximum absolute atomic E-state index is 12.1. The largest absolute Gasteiger partial charge is 0.462 e. The van der Waals surface area contributed by atoms with E-state index < -0.39 is 0 Å². The molecule has 0 fully saturated rings. The summed E-state index contributed by atoms with van der Waals surface area (Å²) in [6.45, 7) is 6.91. The van der Waals surface area contributed by atoms with E-state index in [1.165, 1.54) is 34.4 Å². The van der Waals surface area contributed by atoms with E-state index in [4.69, 9.17) is 10.5 Å². The third-order valence-corrected chi connectivity index (χ3v) is 6.76. The summed E-state index contributed by atoms with van der Waals surface area (Å²) in [5.74, 6) is 1.14. The Bertz CT molecular complexity index is 955. The van der Waals surface area contributed by atoms with Gasteiger partial charge in [-0.05, 0) is 25.8 Å². The molecule has 3 rings (SSSR count). The molecule has 144 valence electrons. The fourth-order valence-electron chi connectivity index (χ4n) is 2.37. The first-order valence-electron chi connectivity index (χ1n) is 8.46. The molecule has 0 aliphatic rings. The number of aromatic nitrogens is 4. The summed E-state index contributed by atoms with van der Waals surface area (Å²) >= 11 is 4.29. The van der Waals surface area contributed by atoms with Gasteiger partial charge in [-0.2, -0.15) is 0 Å². The lowest BCUT2D eigenvalue weighted by Gasteiger charge is -2.02. The van der Waals surface area contributed by atoms with Gasteiger partial charge in [-0.25, -0.2) is 14.8 Å². The number of carbonyl (C=O) groups excluding carboxylic acids is 1. The zero-order valence-electron chi connectivity index (χ0n) is 15.2. The van der Waals surface area contributed by atoms with Crippen LogP contribution in [0.2, 0.25) is 0 Å². The molecule has 0 spiro atoms. The maximum Gasteiger partial charge on any atom is 0.348 e. The first-order valence-corrected chi connectivity index (χ1v) is 11.1. The lowest BCUT2D eigenvalue weighted by atomic mass is 10.2. The van der Waals surface area contributed by atoms with Crippen molar-refractivity contribution in [2.24, 2.45) is 0 Å². The van der Waals surface area contributed by atoms with Crippen LogP contribution in [0.25, 0.3) is 10.2 Å². The second-order valence-corrected chi connectivity index (χ2v) is 8.77. The predicted octanol–water partition coefficient (Wildman–Crippen LogP) is 3.72. The van der Waals surface area contributed by atoms with Crippen LogP contribution >= 0.6 is 34.4 Å². The minimum Gasteiger partial charge on any atom is -0.462 e. The number of fused-ring (bicyclic) bond motifs is 1. The van der Waals surface area contributed by atoms with Crippen molar-refractivity contribution in [1.29, 1.82) is 0 Å². The molecular formula is C16H20N6O2S3. The van der Waals surface area contributed by atoms with E-state index in [0.717, 1.165) is 33.4 Å². The molecule has 3 heterocycles. The topological polar surface area (TPSA) is 116 Å². The molecule has 0 aliphatic heterocycles. The molecule has 0 aromatic carbocycles. The van der Waals surface area contributed by atoms with Gasteiger partial charge in [0.1, 0.15) is 21.3 Å². The third kappa shape index (κ3) is 4.47. The summed E-state index contributed by atoms with van der Waals surface area (Å²) < 4.78 is 5.94. The zero-order valence-corrected chi connectivity index (χ0v) is 17.7. The first-order chi connectivity index (χ1) is 13.0. The third-order valence-electron chi connectivity index (χ3n) is 3.58. The number of ether oxygens (including phenoxy) is 1. The Morgan fingerprint density at radius 1 is 1.26 bits per heavy atom. The molecule has 0 bridgehead atoms. The second-order valence-electron chi connectivity index (χ2n) is 5.57. The highest BCUT2D eigenvalue weighted by Crippen LogP contribution is 2.34. The van der Waals surface area contributed by atoms with Crippen LogP contribution in [0.3, 0.4) is 0 Å². The fourth-order valence-corrected chi connectivity index (χ4v) is 5.10. The fraction of sp³-hybridized carbons (Fsp3) is 0.438. The standard InChI is InChI=1S/C16H20N6O2S3/c1-4-6-18-15-21-22-16(27-15)25-7-9-19-12(17)10-8(3)11(14(23)24-5-2)26-13(10)20-9/h4-7H2,1-3H3,(H,18,21)(H2,17,19,20). The van der Waals surface area contributed by atoms with Crippen LogP contribution in [-0.4, -0.2) is 39.3 Å². The van der Waals surface area contributed by atoms with Crippen molar-refractivity contribution in [1.82, 2.24) is 20.2 Å². The van der Waals surface area contributed by atoms with E-state index in [0.29, 0.717) is 33.7 Å². The number of nitrogens with two attached hydrogens (primary N) is 1. The summed E-state index contributed by atoms with van der Waals surface area (Å²) in [5.41, 5.74) is 6.90. The monoisotopic (exact) mass is 424 g/mol. The summed E-state index contributed by atoms with van der Waals surface area (Å²) in [4.78, 5) is 22.3. The van der Waals surface area contributed by atoms with Gasteiger partial charge in [-0.15, -0.1) is 21.5 Å². The molecular weight excluding hydrogens is 404 g/mol. The Kier molecular flexibility index (Phi) is 6.45. The van der Waals surface area contributed by atoms with Crippen LogP contribution in [0.1, 0.15) is 41.3 Å². The number of esters is 1. The molecule has 0 radical (unpaired) electrons. The molecule has 27 heavy (non-hydrogen) atoms. The van der Waals surface area contributed by atoms with Gasteiger partial charge >= 0.3 is 5.97 Å². The lowest BCUT2D eigenvalue weighted by molar-refractivity contribution is 0.0531. The number of carbonyl (C=O) groups is 1. The summed E-state index contributed by atoms with van der Waals surface area (Å²) in [7, 11) is 0. The molecule has 0 saturated heterocycles. The average molecular weight is 425 g/mol. The van der Waals surface area contributed by atoms with Gasteiger partial charge < -0.3 is 15.8 Å². The molecule has 0 atom stereocenters. The normalized spacial score (nSPS) is 11.1. The lowest BCUT2D eigenvalue weighted by Crippen LogP contribution is -2.03. The van der Waals surface area contributed by atoms with E-state index in [-0.39, 0.29) is 5.97 Å². The van der Waals surface area contributed by atoms with Gasteiger partial charge in [0.05, 0.1) is 17.7 Å². The number of aryl methyl sites for hydroxylation is 1. The van der Waals surface area contributed by atoms with Crippen molar-refractivity contribution < 1.29 is 9.53 Å². The van der Waals surface area contributed by atoms with Crippen LogP contribution in [0.5, 0.6) is 0 Å². The number of nitrogen functional groups attached to an aromatic ring is 1. The number of hydrogen-bond donors (Lipinski definition) is 2. The highest BCUT2D eigenvalue weighted by molar-refractivity contribution is 8.00. The highest BCUT2D eigenvalue weighted by Gasteiger charge is 2.20. The number of nitrogens with one attached hydrogen (secondary N) is 1. The predicted molar refractivity (Wildman–Crippen MR) is 111 cm³/mol. The number of rotatable bonds is 8. The molecule has 0 aliphatic carbocycles. The Morgan fingerprint density at radius 2 is 2.07 bits per heavy atom. The van der Waals surface area contributed by atoms with Crippen molar-refractivity contribution >= 4 is 61.6 Å². The van der Waals surface area contributed by atoms with Crippen LogP contribution in [0, 0.1) is 6.92 Å². The SMILES string of the molecule is CCCNc1nnc(SCc2nc(N)c3c(C)c(C(=O)OCC)sc3n2)s1. The highest BCUT2D eigenvalue weighted by atomic mass is 32.2. The Labute approximate surface area is 169 Å². The van der Waals surface area contributed by atoms with Gasteiger partial charge in [0.2, 0.25) is 5.13 Å². The van der Waals surface area contributed by atoms with E-state index in [9.17, 15) is 4.79 Å². The Balaban J connectivity index is 1.77. The number of nitrogens with zero attached hydrogens (tertiary/aromatic N) is 4. The van der Waals surface area contributed by atoms with Gasteiger partial charge in [0, 0.05) is 6.54 Å². The van der Waals surface area contributed by atoms with Crippen LogP contribution in [0.15, 0.2) is 4.34 Å². The van der Waals surface area contributed by atoms with E-state index >= 15 is 0 Å². The Morgan fingerprint density at radius 3 is 2.81 bits per heavy atom. The number of thiophene rings is 1. The van der Waals surface area contributed by atoms with E-state index in [2.05, 4.69) is 32.4 Å². The minimum atomic E-state index is -0.353. The zero-order chi connectivity index (χ0) is 19.4. The van der Waals surface area contributed by atoms with Gasteiger partial charge in [0.25, 0.3) is 0 Å². The van der Waals surface area contributed by atoms with E-state index in [1.54, 1.807) is 6.92 Å². The number of hydrogen-bond acceptors (Lipinski definition) is 11. The number of thioether (sulfide) groups is 1. The number of anilines is 2. The summed E-state index contributed by atoms with van der Waals surface area (Å²) in [6, 6.07) is 0. The Hall–Kier alpha value is -1.98. The minimum absolute atomic E-state index is 0.326. The molecule has 3 N–H and O–H groups in total. The van der Waals surface area contributed by atoms with Crippen LogP contribution in [0.4, 0.5) is 10.9 Å². The molecule has 8 nitrogen and oxygen atoms in total. The van der Waals surface area contributed by atoms with Crippen molar-refractivity contribution in [3.63, 3.8) is 0 Å². The smallest absolute Gasteiger partial charge is 0.348 e. The van der Waals surface area contributed by atoms with Crippen molar-refractivity contribution in [3.8, 4) is 0 Å². The second kappa shape index (κ2) is 8.81. The van der Waals surface area contributed by atoms with Crippen LogP contribution < -0.4 is 11.1 Å². The molecule has 0 saturated carbocycles. The van der Waals surface area contributed by atoms with Gasteiger partial charge in [-0.1, -0.05) is 30.0 Å². The van der Waals surface area contributed by atoms with Gasteiger partial charge in [0.15, 0.2) is 4.34 Å². The van der Waals surface area contributed by atoms with Crippen molar-refractivity contribution in [3.05, 3.63) is 16.3 Å². The molecule has 0 amide bonds. The van der Waals surface area contributed by atoms with Gasteiger partial charge in [-0.3, -0.25) is 0 Å². The molecule has 0 unspecified atom stereocenters. The summed E-state index contributed by atoms with van der Waals surface area (Å²) in [5, 5.41) is 13.0. The average Bonchev–Trinajstić information content (AvgIpc) is 3.23. The van der Waals surface area contributed by atoms with Crippen molar-refractivity contribution in [2.75, 3.05) is 24.2 Å². The molecule has 3 aromatic rings.